The van der Waals surface area contributed by atoms with Gasteiger partial charge in [-0.25, -0.2) is 8.42 Å². The lowest BCUT2D eigenvalue weighted by molar-refractivity contribution is 0.0751. The van der Waals surface area contributed by atoms with Crippen LogP contribution in [0.15, 0.2) is 53.4 Å². The Labute approximate surface area is 164 Å². The lowest BCUT2D eigenvalue weighted by Crippen LogP contribution is -2.42. The molecule has 0 aliphatic carbocycles. The van der Waals surface area contributed by atoms with Crippen LogP contribution in [0.5, 0.6) is 0 Å². The first-order valence-corrected chi connectivity index (χ1v) is 10.9. The predicted molar refractivity (Wildman–Crippen MR) is 106 cm³/mol. The Bertz CT molecular complexity index is 1060. The van der Waals surface area contributed by atoms with Crippen molar-refractivity contribution >= 4 is 21.1 Å². The maximum Gasteiger partial charge on any atom is 0.243 e. The Balaban J connectivity index is 1.61. The average Bonchev–Trinajstić information content (AvgIpc) is 3.09. The molecule has 1 aromatic heterocycles. The maximum absolute atomic E-state index is 13.2. The molecule has 1 aliphatic rings. The summed E-state index contributed by atoms with van der Waals surface area (Å²) in [6.07, 6.45) is 1.05. The van der Waals surface area contributed by atoms with E-state index in [1.54, 1.807) is 22.5 Å². The van der Waals surface area contributed by atoms with Crippen LogP contribution < -0.4 is 4.84 Å². The second-order valence-corrected chi connectivity index (χ2v) is 9.58. The van der Waals surface area contributed by atoms with Gasteiger partial charge in [-0.05, 0) is 47.2 Å². The fourth-order valence-corrected chi connectivity index (χ4v) is 5.49. The number of nitrogens with zero attached hydrogens (tertiary/aromatic N) is 4. The number of benzene rings is 2. The molecule has 4 rings (SSSR count). The molecule has 2 heterocycles. The number of rotatable bonds is 5. The van der Waals surface area contributed by atoms with Gasteiger partial charge in [-0.15, -0.1) is 5.10 Å². The largest absolute Gasteiger partial charge is 0.390 e. The first kappa shape index (κ1) is 18.9. The zero-order valence-corrected chi connectivity index (χ0v) is 16.8. The molecule has 8 heteroatoms. The standard InChI is InChI=1S/C20H24N4O3S/c1-15-10-16(2)13-23(12-15)28(25,26)18-8-9-19-20(11-18)24(22-21-19)27-14-17-6-4-3-5-7-17/h3-9,11,15-16H,10,12-14H2,1-2H3. The summed E-state index contributed by atoms with van der Waals surface area (Å²) < 4.78 is 27.9. The van der Waals surface area contributed by atoms with Gasteiger partial charge in [-0.2, -0.15) is 4.31 Å². The highest BCUT2D eigenvalue weighted by atomic mass is 32.2. The molecule has 1 fully saturated rings. The minimum Gasteiger partial charge on any atom is -0.390 e. The van der Waals surface area contributed by atoms with Crippen molar-refractivity contribution in [1.82, 2.24) is 19.5 Å². The minimum atomic E-state index is -3.57. The highest BCUT2D eigenvalue weighted by molar-refractivity contribution is 7.89. The van der Waals surface area contributed by atoms with E-state index < -0.39 is 10.0 Å². The van der Waals surface area contributed by atoms with Crippen molar-refractivity contribution in [3.05, 3.63) is 54.1 Å². The molecule has 0 spiro atoms. The average molecular weight is 401 g/mol. The molecule has 0 saturated carbocycles. The number of sulfonamides is 1. The number of piperidine rings is 1. The Morgan fingerprint density at radius 1 is 1.07 bits per heavy atom. The van der Waals surface area contributed by atoms with Gasteiger partial charge in [0, 0.05) is 13.1 Å². The second kappa shape index (κ2) is 7.52. The van der Waals surface area contributed by atoms with Crippen molar-refractivity contribution in [2.24, 2.45) is 11.8 Å². The summed E-state index contributed by atoms with van der Waals surface area (Å²) in [6.45, 7) is 5.60. The topological polar surface area (TPSA) is 77.3 Å². The summed E-state index contributed by atoms with van der Waals surface area (Å²) in [5.41, 5.74) is 2.12. The normalized spacial score (nSPS) is 21.1. The number of fused-ring (bicyclic) bond motifs is 1. The Kier molecular flexibility index (Phi) is 5.07. The third-order valence-corrected chi connectivity index (χ3v) is 6.88. The quantitative estimate of drug-likeness (QED) is 0.658. The van der Waals surface area contributed by atoms with Gasteiger partial charge in [0.05, 0.1) is 4.90 Å². The van der Waals surface area contributed by atoms with E-state index in [4.69, 9.17) is 4.84 Å². The van der Waals surface area contributed by atoms with E-state index in [9.17, 15) is 8.42 Å². The predicted octanol–water partition coefficient (Wildman–Crippen LogP) is 2.73. The van der Waals surface area contributed by atoms with E-state index in [0.717, 1.165) is 12.0 Å². The third kappa shape index (κ3) is 3.74. The van der Waals surface area contributed by atoms with Crippen molar-refractivity contribution in [2.75, 3.05) is 13.1 Å². The first-order chi connectivity index (χ1) is 13.4. The lowest BCUT2D eigenvalue weighted by Gasteiger charge is -2.34. The van der Waals surface area contributed by atoms with Crippen LogP contribution in [0.25, 0.3) is 11.0 Å². The van der Waals surface area contributed by atoms with Crippen molar-refractivity contribution in [3.63, 3.8) is 0 Å². The molecule has 7 nitrogen and oxygen atoms in total. The molecule has 1 aliphatic heterocycles. The zero-order chi connectivity index (χ0) is 19.7. The fourth-order valence-electron chi connectivity index (χ4n) is 3.79. The van der Waals surface area contributed by atoms with Gasteiger partial charge in [0.2, 0.25) is 10.0 Å². The molecule has 0 radical (unpaired) electrons. The van der Waals surface area contributed by atoms with Gasteiger partial charge < -0.3 is 4.84 Å². The van der Waals surface area contributed by atoms with Crippen LogP contribution in [0.2, 0.25) is 0 Å². The van der Waals surface area contributed by atoms with Crippen molar-refractivity contribution < 1.29 is 13.3 Å². The highest BCUT2D eigenvalue weighted by Crippen LogP contribution is 2.27. The molecule has 148 valence electrons. The van der Waals surface area contributed by atoms with Gasteiger partial charge in [0.15, 0.2) is 0 Å². The van der Waals surface area contributed by atoms with E-state index in [1.807, 2.05) is 30.3 Å². The first-order valence-electron chi connectivity index (χ1n) is 9.46. The van der Waals surface area contributed by atoms with Crippen molar-refractivity contribution in [1.29, 1.82) is 0 Å². The summed E-state index contributed by atoms with van der Waals surface area (Å²) in [5.74, 6) is 0.701. The Morgan fingerprint density at radius 3 is 2.50 bits per heavy atom. The zero-order valence-electron chi connectivity index (χ0n) is 16.0. The molecule has 0 bridgehead atoms. The van der Waals surface area contributed by atoms with Crippen LogP contribution in [-0.2, 0) is 16.6 Å². The third-order valence-electron chi connectivity index (χ3n) is 5.06. The number of hydrogen-bond donors (Lipinski definition) is 0. The van der Waals surface area contributed by atoms with Gasteiger partial charge in [0.1, 0.15) is 17.6 Å². The molecule has 1 saturated heterocycles. The maximum atomic E-state index is 13.2. The smallest absolute Gasteiger partial charge is 0.243 e. The van der Waals surface area contributed by atoms with E-state index in [2.05, 4.69) is 24.2 Å². The molecular formula is C20H24N4O3S. The van der Waals surface area contributed by atoms with E-state index in [0.29, 0.717) is 42.6 Å². The van der Waals surface area contributed by atoms with Crippen molar-refractivity contribution in [2.45, 2.75) is 31.8 Å². The Morgan fingerprint density at radius 2 is 1.79 bits per heavy atom. The molecule has 2 atom stereocenters. The molecule has 0 N–H and O–H groups in total. The minimum absolute atomic E-state index is 0.244. The molecule has 2 aromatic carbocycles. The lowest BCUT2D eigenvalue weighted by atomic mass is 9.94. The van der Waals surface area contributed by atoms with Crippen LogP contribution in [0, 0.1) is 11.8 Å². The molecule has 0 amide bonds. The molecule has 3 aromatic rings. The van der Waals surface area contributed by atoms with Crippen LogP contribution in [0.3, 0.4) is 0 Å². The van der Waals surface area contributed by atoms with Crippen LogP contribution >= 0.6 is 0 Å². The van der Waals surface area contributed by atoms with E-state index >= 15 is 0 Å². The molecule has 28 heavy (non-hydrogen) atoms. The molecule has 2 unspecified atom stereocenters. The van der Waals surface area contributed by atoms with Gasteiger partial charge in [-0.3, -0.25) is 0 Å². The monoisotopic (exact) mass is 400 g/mol. The SMILES string of the molecule is CC1CC(C)CN(S(=O)(=O)c2ccc3nnn(OCc4ccccc4)c3c2)C1. The summed E-state index contributed by atoms with van der Waals surface area (Å²) >= 11 is 0. The number of aromatic nitrogens is 3. The van der Waals surface area contributed by atoms with Crippen LogP contribution in [-0.4, -0.2) is 41.0 Å². The molecular weight excluding hydrogens is 376 g/mol. The van der Waals surface area contributed by atoms with E-state index in [1.165, 1.54) is 4.85 Å². The summed E-state index contributed by atoms with van der Waals surface area (Å²) in [7, 11) is -3.57. The summed E-state index contributed by atoms with van der Waals surface area (Å²) in [6, 6.07) is 14.6. The van der Waals surface area contributed by atoms with Gasteiger partial charge in [0.25, 0.3) is 0 Å². The van der Waals surface area contributed by atoms with Gasteiger partial charge >= 0.3 is 0 Å². The Hall–Kier alpha value is -2.45. The van der Waals surface area contributed by atoms with Crippen LogP contribution in [0.1, 0.15) is 25.8 Å². The summed E-state index contributed by atoms with van der Waals surface area (Å²) in [5, 5.41) is 8.08. The highest BCUT2D eigenvalue weighted by Gasteiger charge is 2.32. The van der Waals surface area contributed by atoms with Crippen molar-refractivity contribution in [3.8, 4) is 0 Å². The number of hydrogen-bond acceptors (Lipinski definition) is 5. The second-order valence-electron chi connectivity index (χ2n) is 7.64. The van der Waals surface area contributed by atoms with Crippen LogP contribution in [0.4, 0.5) is 0 Å². The summed E-state index contributed by atoms with van der Waals surface area (Å²) in [4.78, 5) is 7.27. The fraction of sp³-hybridized carbons (Fsp3) is 0.400. The van der Waals surface area contributed by atoms with Gasteiger partial charge in [-0.1, -0.05) is 49.0 Å². The van der Waals surface area contributed by atoms with E-state index in [-0.39, 0.29) is 4.90 Å².